The molecule has 15 rings (SSSR count). The Hall–Kier alpha value is -6.66. The number of imide groups is 1. The summed E-state index contributed by atoms with van der Waals surface area (Å²) >= 11 is 0. The van der Waals surface area contributed by atoms with Crippen molar-refractivity contribution in [1.29, 1.82) is 0 Å². The standard InChI is InChI=1S/C71H83N5O11/c1-68-26-22-44-12-9-13-45(23-27-68)71(44,75-68)87-55-34-53(84-29-28-72-2)47-18-19-48-59-52(74-66(81)62(55)61(47)59)33-54-60(48)64(79)49(38-86-54)41-30-56(83-4)65(80)57(31-41)85-37-46(36-77)70-43-16-14-39-10-8-11-40(63(39)70)15-20-51(70)50(21-17-43)69(24-6-5-7-25-69)76-58(78)32-42(35-73-3)67(76)82/h8,10-11,14-16,20,22,26,30-34,43-46,49-51,64,66,72-75,77,79-81H,5-7,9,12-13,17-19,21,23-25,27-29,35-38H2,1-4H3. The lowest BCUT2D eigenvalue weighted by molar-refractivity contribution is -0.154. The normalized spacial score (nSPS) is 31.8. The lowest BCUT2D eigenvalue weighted by Crippen LogP contribution is -2.72. The highest BCUT2D eigenvalue weighted by molar-refractivity contribution is 6.17. The van der Waals surface area contributed by atoms with Crippen LogP contribution in [0.15, 0.2) is 78.4 Å². The number of carbonyl (C=O) groups is 2. The van der Waals surface area contributed by atoms with Gasteiger partial charge >= 0.3 is 0 Å². The molecule has 0 spiro atoms. The van der Waals surface area contributed by atoms with Crippen molar-refractivity contribution >= 4 is 29.7 Å². The van der Waals surface area contributed by atoms with Gasteiger partial charge in [0.05, 0.1) is 44.1 Å². The Labute approximate surface area is 509 Å². The molecule has 8 N–H and O–H groups in total. The Morgan fingerprint density at radius 2 is 1.63 bits per heavy atom. The molecular formula is C71H83N5O11. The van der Waals surface area contributed by atoms with Gasteiger partial charge in [0.25, 0.3) is 11.8 Å². The number of likely N-dealkylation sites (N-methyl/N-ethyl adjacent to an activating group) is 2. The van der Waals surface area contributed by atoms with Crippen LogP contribution in [0.5, 0.6) is 34.5 Å². The molecule has 5 aliphatic heterocycles. The van der Waals surface area contributed by atoms with Crippen LogP contribution in [0.4, 0.5) is 5.69 Å². The molecule has 6 aliphatic carbocycles. The van der Waals surface area contributed by atoms with E-state index in [1.165, 1.54) is 13.2 Å². The number of amides is 2. The van der Waals surface area contributed by atoms with Crippen LogP contribution in [-0.4, -0.2) is 115 Å². The molecule has 16 heteroatoms. The van der Waals surface area contributed by atoms with Gasteiger partial charge in [0.2, 0.25) is 5.75 Å². The predicted octanol–water partition coefficient (Wildman–Crippen LogP) is 9.43. The zero-order valence-corrected chi connectivity index (χ0v) is 50.5. The topological polar surface area (TPSA) is 213 Å². The number of allylic oxidation sites excluding steroid dienone is 2. The summed E-state index contributed by atoms with van der Waals surface area (Å²) in [5.74, 6) is 0.489. The number of rotatable bonds is 17. The van der Waals surface area contributed by atoms with Crippen LogP contribution >= 0.6 is 0 Å². The Morgan fingerprint density at radius 3 is 2.43 bits per heavy atom. The third-order valence-corrected chi connectivity index (χ3v) is 22.9. The van der Waals surface area contributed by atoms with Gasteiger partial charge in [-0.2, -0.15) is 0 Å². The summed E-state index contributed by atoms with van der Waals surface area (Å²) in [5.41, 5.74) is 7.82. The number of hydrogen-bond donors (Lipinski definition) is 8. The molecule has 4 fully saturated rings. The largest absolute Gasteiger partial charge is 0.502 e. The first-order valence-electron chi connectivity index (χ1n) is 32.3. The molecule has 16 nitrogen and oxygen atoms in total. The smallest absolute Gasteiger partial charge is 0.258 e. The minimum atomic E-state index is -1.10. The van der Waals surface area contributed by atoms with Gasteiger partial charge < -0.3 is 60.1 Å². The second-order valence-electron chi connectivity index (χ2n) is 27.1. The summed E-state index contributed by atoms with van der Waals surface area (Å²) in [5, 5.41) is 63.4. The minimum absolute atomic E-state index is 0.00961. The van der Waals surface area contributed by atoms with Crippen LogP contribution in [0.3, 0.4) is 0 Å². The van der Waals surface area contributed by atoms with Crippen molar-refractivity contribution in [1.82, 2.24) is 20.9 Å². The van der Waals surface area contributed by atoms with Crippen molar-refractivity contribution < 1.29 is 53.7 Å². The van der Waals surface area contributed by atoms with Crippen molar-refractivity contribution in [2.75, 3.05) is 66.0 Å². The first-order valence-corrected chi connectivity index (χ1v) is 32.3. The number of ether oxygens (including phenoxy) is 5. The van der Waals surface area contributed by atoms with Crippen LogP contribution in [0, 0.1) is 35.5 Å². The summed E-state index contributed by atoms with van der Waals surface area (Å²) in [4.78, 5) is 30.5. The van der Waals surface area contributed by atoms with Gasteiger partial charge in [-0.25, -0.2) is 0 Å². The third-order valence-electron chi connectivity index (χ3n) is 22.9. The highest BCUT2D eigenvalue weighted by Crippen LogP contribution is 2.66. The van der Waals surface area contributed by atoms with Gasteiger partial charge in [-0.3, -0.25) is 19.8 Å². The van der Waals surface area contributed by atoms with E-state index in [2.05, 4.69) is 82.8 Å². The van der Waals surface area contributed by atoms with E-state index >= 15 is 0 Å². The molecule has 3 saturated carbocycles. The molecule has 0 radical (unpaired) electrons. The number of aliphatic hydroxyl groups is 3. The number of aliphatic hydroxyl groups excluding tert-OH is 3. The van der Waals surface area contributed by atoms with E-state index in [1.807, 2.05) is 19.2 Å². The van der Waals surface area contributed by atoms with E-state index in [1.54, 1.807) is 24.1 Å². The summed E-state index contributed by atoms with van der Waals surface area (Å²) in [7, 11) is 5.20. The summed E-state index contributed by atoms with van der Waals surface area (Å²) in [6.07, 6.45) is 25.4. The number of nitrogens with one attached hydrogen (secondary N) is 4. The highest BCUT2D eigenvalue weighted by Gasteiger charge is 2.65. The molecule has 4 aromatic rings. The van der Waals surface area contributed by atoms with E-state index in [-0.39, 0.29) is 84.0 Å². The maximum absolute atomic E-state index is 14.5. The Balaban J connectivity index is 0.781. The van der Waals surface area contributed by atoms with E-state index in [0.717, 1.165) is 109 Å². The number of benzene rings is 4. The maximum atomic E-state index is 14.5. The molecule has 4 aromatic carbocycles. The number of piperidine rings is 1. The number of aromatic hydroxyl groups is 1. The number of phenols is 1. The fraction of sp³-hybridized carbons (Fsp3) is 0.521. The first-order chi connectivity index (χ1) is 42.3. The van der Waals surface area contributed by atoms with E-state index in [9.17, 15) is 30.0 Å². The molecule has 11 aliphatic rings. The SMILES string of the molecule is CNCCOc1cc(OC23NC4(C)C=CC2CCCC3CC4)c2c3c1CCc1c-3c(cc3c1C(O)C(c1cc(OC)c(O)c(OCC(CO)C45c6c7cccc6C=CC4C(C4(N6C(=O)C=C(CNC)C6=O)CCCCC4)CCC5C=C7)c1)CO3)NC2O. The van der Waals surface area contributed by atoms with Crippen molar-refractivity contribution in [3.05, 3.63) is 123 Å². The number of carbonyl (C=O) groups excluding carboxylic acids is 2. The lowest BCUT2D eigenvalue weighted by Gasteiger charge is -2.63. The maximum Gasteiger partial charge on any atom is 0.258 e. The molecule has 1 saturated heterocycles. The molecular weight excluding hydrogens is 1100 g/mol. The number of fused-ring (bicyclic) bond motifs is 3. The Kier molecular flexibility index (Phi) is 14.1. The molecule has 12 unspecified atom stereocenters. The van der Waals surface area contributed by atoms with Gasteiger partial charge in [-0.1, -0.05) is 80.3 Å². The quantitative estimate of drug-likeness (QED) is 0.0281. The van der Waals surface area contributed by atoms with Gasteiger partial charge in [-0.15, -0.1) is 0 Å². The molecule has 458 valence electrons. The van der Waals surface area contributed by atoms with E-state index in [0.29, 0.717) is 84.8 Å². The van der Waals surface area contributed by atoms with Crippen LogP contribution < -0.4 is 45.0 Å². The van der Waals surface area contributed by atoms with Crippen molar-refractivity contribution in [2.45, 2.75) is 137 Å². The third kappa shape index (κ3) is 8.50. The van der Waals surface area contributed by atoms with Crippen LogP contribution in [-0.2, 0) is 27.8 Å². The average molecular weight is 1180 g/mol. The second kappa shape index (κ2) is 21.5. The van der Waals surface area contributed by atoms with Gasteiger partial charge in [0, 0.05) is 99.4 Å². The number of phenolic OH excluding ortho intramolecular Hbond substituents is 1. The molecule has 5 heterocycles. The predicted molar refractivity (Wildman–Crippen MR) is 331 cm³/mol. The zero-order chi connectivity index (χ0) is 59.7. The molecule has 12 atom stereocenters. The van der Waals surface area contributed by atoms with Crippen molar-refractivity contribution in [3.8, 4) is 45.6 Å². The number of nitrogens with zero attached hydrogens (tertiary/aromatic N) is 1. The number of hydrogen-bond acceptors (Lipinski definition) is 15. The van der Waals surface area contributed by atoms with Gasteiger partial charge in [0.15, 0.2) is 23.5 Å². The molecule has 87 heavy (non-hydrogen) atoms. The Morgan fingerprint density at radius 1 is 0.828 bits per heavy atom. The fourth-order valence-corrected chi connectivity index (χ4v) is 19.2. The Bertz CT molecular complexity index is 3610. The number of anilines is 1. The highest BCUT2D eigenvalue weighted by atomic mass is 16.5. The van der Waals surface area contributed by atoms with Gasteiger partial charge in [-0.05, 0) is 143 Å². The summed E-state index contributed by atoms with van der Waals surface area (Å²) in [6, 6.07) is 13.8. The molecule has 2 bridgehead atoms. The first kappa shape index (κ1) is 56.8. The average Bonchev–Trinajstić information content (AvgIpc) is 1.05. The number of methoxy groups -OCH3 is 1. The minimum Gasteiger partial charge on any atom is -0.502 e. The van der Waals surface area contributed by atoms with Crippen LogP contribution in [0.1, 0.15) is 147 Å². The lowest BCUT2D eigenvalue weighted by atomic mass is 9.43. The van der Waals surface area contributed by atoms with E-state index < -0.39 is 40.8 Å². The molecule has 2 amide bonds. The second-order valence-corrected chi connectivity index (χ2v) is 27.1. The summed E-state index contributed by atoms with van der Waals surface area (Å²) < 4.78 is 33.8. The van der Waals surface area contributed by atoms with Crippen LogP contribution in [0.2, 0.25) is 0 Å². The zero-order valence-electron chi connectivity index (χ0n) is 50.5. The summed E-state index contributed by atoms with van der Waals surface area (Å²) in [6.45, 7) is 3.52. The van der Waals surface area contributed by atoms with Crippen LogP contribution in [0.25, 0.3) is 23.3 Å². The van der Waals surface area contributed by atoms with Crippen molar-refractivity contribution in [2.24, 2.45) is 35.5 Å². The fourth-order valence-electron chi connectivity index (χ4n) is 19.2. The van der Waals surface area contributed by atoms with Gasteiger partial charge in [0.1, 0.15) is 23.9 Å². The molecule has 0 aromatic heterocycles. The van der Waals surface area contributed by atoms with Crippen molar-refractivity contribution in [3.63, 3.8) is 0 Å². The van der Waals surface area contributed by atoms with E-state index in [4.69, 9.17) is 23.7 Å². The monoisotopic (exact) mass is 1180 g/mol.